The van der Waals surface area contributed by atoms with Gasteiger partial charge in [-0.1, -0.05) is 19.9 Å². The lowest BCUT2D eigenvalue weighted by atomic mass is 10.1. The van der Waals surface area contributed by atoms with Gasteiger partial charge in [0.2, 0.25) is 0 Å². The van der Waals surface area contributed by atoms with Gasteiger partial charge in [0.05, 0.1) is 6.54 Å². The predicted octanol–water partition coefficient (Wildman–Crippen LogP) is 2.89. The first-order chi connectivity index (χ1) is 10.7. The van der Waals surface area contributed by atoms with Crippen molar-refractivity contribution < 1.29 is 0 Å². The molecule has 0 aromatic carbocycles. The molecule has 2 N–H and O–H groups in total. The summed E-state index contributed by atoms with van der Waals surface area (Å²) < 4.78 is 0. The zero-order chi connectivity index (χ0) is 15.8. The molecule has 0 amide bonds. The van der Waals surface area contributed by atoms with E-state index in [1.807, 2.05) is 11.3 Å². The molecule has 1 heterocycles. The fourth-order valence-corrected chi connectivity index (χ4v) is 3.37. The third-order valence-electron chi connectivity index (χ3n) is 4.06. The van der Waals surface area contributed by atoms with Gasteiger partial charge in [-0.3, -0.25) is 9.89 Å². The van der Waals surface area contributed by atoms with Gasteiger partial charge in [-0.25, -0.2) is 0 Å². The Hall–Kier alpha value is -1.07. The van der Waals surface area contributed by atoms with Crippen LogP contribution in [-0.2, 0) is 0 Å². The molecule has 2 rings (SSSR count). The summed E-state index contributed by atoms with van der Waals surface area (Å²) in [5, 5.41) is 8.95. The van der Waals surface area contributed by atoms with E-state index in [1.165, 1.54) is 17.7 Å². The Kier molecular flexibility index (Phi) is 7.19. The molecule has 0 saturated heterocycles. The topological polar surface area (TPSA) is 39.7 Å². The molecule has 4 nitrogen and oxygen atoms in total. The number of thiophene rings is 1. The van der Waals surface area contributed by atoms with Gasteiger partial charge < -0.3 is 10.6 Å². The van der Waals surface area contributed by atoms with Crippen LogP contribution in [0.25, 0.3) is 0 Å². The van der Waals surface area contributed by atoms with E-state index in [0.29, 0.717) is 5.92 Å². The normalized spacial score (nSPS) is 16.8. The van der Waals surface area contributed by atoms with E-state index in [1.54, 1.807) is 0 Å². The van der Waals surface area contributed by atoms with E-state index in [0.717, 1.165) is 44.7 Å². The Morgan fingerprint density at radius 2 is 2.23 bits per heavy atom. The number of hydrogen-bond donors (Lipinski definition) is 2. The molecular weight excluding hydrogens is 292 g/mol. The minimum Gasteiger partial charge on any atom is -0.357 e. The Bertz CT molecular complexity index is 440. The summed E-state index contributed by atoms with van der Waals surface area (Å²) in [5.74, 6) is 1.42. The van der Waals surface area contributed by atoms with Crippen LogP contribution < -0.4 is 10.6 Å². The predicted molar refractivity (Wildman–Crippen MR) is 97.0 cm³/mol. The minimum absolute atomic E-state index is 0.481. The Balaban J connectivity index is 1.76. The molecule has 0 bridgehead atoms. The Morgan fingerprint density at radius 3 is 2.82 bits per heavy atom. The summed E-state index contributed by atoms with van der Waals surface area (Å²) in [5.41, 5.74) is 0. The molecule has 1 saturated carbocycles. The largest absolute Gasteiger partial charge is 0.357 e. The van der Waals surface area contributed by atoms with E-state index >= 15 is 0 Å². The molecule has 0 radical (unpaired) electrons. The van der Waals surface area contributed by atoms with Crippen molar-refractivity contribution >= 4 is 17.3 Å². The number of guanidine groups is 1. The highest BCUT2D eigenvalue weighted by molar-refractivity contribution is 7.10. The van der Waals surface area contributed by atoms with Crippen LogP contribution >= 0.6 is 11.3 Å². The number of nitrogens with one attached hydrogen (secondary N) is 2. The second-order valence-electron chi connectivity index (χ2n) is 5.92. The zero-order valence-electron chi connectivity index (χ0n) is 14.1. The molecule has 5 heteroatoms. The zero-order valence-corrected chi connectivity index (χ0v) is 15.0. The van der Waals surface area contributed by atoms with Crippen molar-refractivity contribution in [1.82, 2.24) is 15.5 Å². The molecule has 1 aliphatic rings. The molecule has 124 valence electrons. The molecule has 1 aromatic rings. The van der Waals surface area contributed by atoms with Crippen LogP contribution in [0, 0.1) is 0 Å². The van der Waals surface area contributed by atoms with Gasteiger partial charge in [0.15, 0.2) is 5.96 Å². The summed E-state index contributed by atoms with van der Waals surface area (Å²) in [6.45, 7) is 11.5. The average molecular weight is 323 g/mol. The van der Waals surface area contributed by atoms with Crippen molar-refractivity contribution in [3.63, 3.8) is 0 Å². The van der Waals surface area contributed by atoms with E-state index < -0.39 is 0 Å². The van der Waals surface area contributed by atoms with E-state index in [2.05, 4.69) is 53.8 Å². The first-order valence-corrected chi connectivity index (χ1v) is 9.42. The number of nitrogens with zero attached hydrogens (tertiary/aromatic N) is 2. The monoisotopic (exact) mass is 322 g/mol. The van der Waals surface area contributed by atoms with E-state index in [4.69, 9.17) is 4.99 Å². The van der Waals surface area contributed by atoms with Gasteiger partial charge in [0.1, 0.15) is 0 Å². The first-order valence-electron chi connectivity index (χ1n) is 8.54. The van der Waals surface area contributed by atoms with Crippen molar-refractivity contribution in [3.05, 3.63) is 22.4 Å². The third-order valence-corrected chi connectivity index (χ3v) is 5.16. The lowest BCUT2D eigenvalue weighted by molar-refractivity contribution is 0.282. The second kappa shape index (κ2) is 9.16. The summed E-state index contributed by atoms with van der Waals surface area (Å²) in [7, 11) is 0. The molecule has 1 fully saturated rings. The lowest BCUT2D eigenvalue weighted by Gasteiger charge is -2.21. The van der Waals surface area contributed by atoms with Crippen molar-refractivity contribution in [1.29, 1.82) is 0 Å². The fourth-order valence-electron chi connectivity index (χ4n) is 2.59. The van der Waals surface area contributed by atoms with Crippen molar-refractivity contribution in [2.75, 3.05) is 32.7 Å². The molecule has 1 unspecified atom stereocenters. The molecule has 1 aliphatic carbocycles. The van der Waals surface area contributed by atoms with Gasteiger partial charge in [0.25, 0.3) is 0 Å². The average Bonchev–Trinajstić information content (AvgIpc) is 3.21. The number of rotatable bonds is 9. The number of hydrogen-bond acceptors (Lipinski definition) is 3. The molecular formula is C17H30N4S. The summed E-state index contributed by atoms with van der Waals surface area (Å²) in [6, 6.07) is 5.14. The molecule has 0 aliphatic heterocycles. The Labute approximate surface area is 139 Å². The second-order valence-corrected chi connectivity index (χ2v) is 6.90. The maximum Gasteiger partial charge on any atom is 0.191 e. The highest BCUT2D eigenvalue weighted by atomic mass is 32.1. The molecule has 1 atom stereocenters. The standard InChI is InChI=1S/C17H30N4S/c1-4-18-17(19-10-11-21(5-2)15-8-9-15)20-13-14(3)16-7-6-12-22-16/h6-7,12,14-15H,4-5,8-11,13H2,1-3H3,(H2,18,19,20). The highest BCUT2D eigenvalue weighted by Gasteiger charge is 2.27. The third kappa shape index (κ3) is 5.61. The van der Waals surface area contributed by atoms with Gasteiger partial charge in [-0.2, -0.15) is 0 Å². The lowest BCUT2D eigenvalue weighted by Crippen LogP contribution is -2.42. The van der Waals surface area contributed by atoms with Crippen molar-refractivity contribution in [2.45, 2.75) is 45.6 Å². The smallest absolute Gasteiger partial charge is 0.191 e. The molecule has 22 heavy (non-hydrogen) atoms. The molecule has 0 spiro atoms. The van der Waals surface area contributed by atoms with Crippen LogP contribution in [0.5, 0.6) is 0 Å². The van der Waals surface area contributed by atoms with Crippen LogP contribution in [0.4, 0.5) is 0 Å². The van der Waals surface area contributed by atoms with Gasteiger partial charge in [-0.15, -0.1) is 11.3 Å². The van der Waals surface area contributed by atoms with Gasteiger partial charge in [0, 0.05) is 36.5 Å². The number of aliphatic imine (C=N–C) groups is 1. The SMILES string of the molecule is CCNC(=NCC(C)c1cccs1)NCCN(CC)C1CC1. The highest BCUT2D eigenvalue weighted by Crippen LogP contribution is 2.25. The van der Waals surface area contributed by atoms with E-state index in [9.17, 15) is 0 Å². The van der Waals surface area contributed by atoms with Crippen LogP contribution in [0.1, 0.15) is 44.4 Å². The minimum atomic E-state index is 0.481. The quantitative estimate of drug-likeness (QED) is 0.542. The fraction of sp³-hybridized carbons (Fsp3) is 0.706. The van der Waals surface area contributed by atoms with E-state index in [-0.39, 0.29) is 0 Å². The molecule has 1 aromatic heterocycles. The maximum atomic E-state index is 4.74. The van der Waals surface area contributed by atoms with Crippen LogP contribution in [0.15, 0.2) is 22.5 Å². The number of likely N-dealkylation sites (N-methyl/N-ethyl adjacent to an activating group) is 1. The van der Waals surface area contributed by atoms with Crippen molar-refractivity contribution in [2.24, 2.45) is 4.99 Å². The summed E-state index contributed by atoms with van der Waals surface area (Å²) in [6.07, 6.45) is 2.75. The van der Waals surface area contributed by atoms with Crippen LogP contribution in [-0.4, -0.2) is 49.6 Å². The van der Waals surface area contributed by atoms with Crippen LogP contribution in [0.3, 0.4) is 0 Å². The van der Waals surface area contributed by atoms with Crippen molar-refractivity contribution in [3.8, 4) is 0 Å². The van der Waals surface area contributed by atoms with Crippen LogP contribution in [0.2, 0.25) is 0 Å². The summed E-state index contributed by atoms with van der Waals surface area (Å²) >= 11 is 1.81. The van der Waals surface area contributed by atoms with Gasteiger partial charge >= 0.3 is 0 Å². The summed E-state index contributed by atoms with van der Waals surface area (Å²) in [4.78, 5) is 8.70. The Morgan fingerprint density at radius 1 is 1.41 bits per heavy atom. The maximum absolute atomic E-state index is 4.74. The first kappa shape index (κ1) is 17.3. The van der Waals surface area contributed by atoms with Gasteiger partial charge in [-0.05, 0) is 37.8 Å².